The maximum atomic E-state index is 12.9. The monoisotopic (exact) mass is 290 g/mol. The third-order valence-electron chi connectivity index (χ3n) is 4.01. The van der Waals surface area contributed by atoms with Gasteiger partial charge in [-0.2, -0.15) is 0 Å². The Kier molecular flexibility index (Phi) is 4.63. The van der Waals surface area contributed by atoms with Gasteiger partial charge in [0.05, 0.1) is 12.6 Å². The summed E-state index contributed by atoms with van der Waals surface area (Å²) in [4.78, 5) is 26.6. The summed E-state index contributed by atoms with van der Waals surface area (Å²) < 4.78 is 5.18. The van der Waals surface area contributed by atoms with Gasteiger partial charge < -0.3 is 15.0 Å². The Balaban J connectivity index is 2.35. The maximum absolute atomic E-state index is 12.9. The third kappa shape index (κ3) is 2.93. The molecule has 1 heterocycles. The van der Waals surface area contributed by atoms with Crippen LogP contribution in [-0.2, 0) is 19.9 Å². The van der Waals surface area contributed by atoms with Gasteiger partial charge in [-0.1, -0.05) is 37.3 Å². The van der Waals surface area contributed by atoms with E-state index in [4.69, 9.17) is 4.74 Å². The number of piperazine rings is 1. The standard InChI is InChI=1S/C16H22N2O3/c1-4-13(11-21-3)18-10-14(19)17-16(2,15(18)20)12-8-6-5-7-9-12/h5-9,13H,4,10-11H2,1-3H3,(H,17,19). The molecule has 5 nitrogen and oxygen atoms in total. The number of nitrogens with zero attached hydrogens (tertiary/aromatic N) is 1. The SMILES string of the molecule is CCC(COC)N1CC(=O)NC(C)(c2ccccc2)C1=O. The normalized spacial score (nSPS) is 23.9. The molecule has 1 aliphatic rings. The topological polar surface area (TPSA) is 58.6 Å². The van der Waals surface area contributed by atoms with E-state index in [2.05, 4.69) is 5.32 Å². The summed E-state index contributed by atoms with van der Waals surface area (Å²) in [6, 6.07) is 9.26. The number of rotatable bonds is 5. The van der Waals surface area contributed by atoms with Crippen molar-refractivity contribution in [1.82, 2.24) is 10.2 Å². The molecular formula is C16H22N2O3. The van der Waals surface area contributed by atoms with Gasteiger partial charge in [-0.05, 0) is 18.9 Å². The van der Waals surface area contributed by atoms with Crippen molar-refractivity contribution in [3.8, 4) is 0 Å². The smallest absolute Gasteiger partial charge is 0.253 e. The van der Waals surface area contributed by atoms with E-state index in [0.717, 1.165) is 12.0 Å². The molecule has 21 heavy (non-hydrogen) atoms. The molecule has 1 N–H and O–H groups in total. The number of carbonyl (C=O) groups is 2. The van der Waals surface area contributed by atoms with Crippen LogP contribution in [0.15, 0.2) is 30.3 Å². The Labute approximate surface area is 125 Å². The van der Waals surface area contributed by atoms with Gasteiger partial charge in [0.1, 0.15) is 12.1 Å². The number of hydrogen-bond acceptors (Lipinski definition) is 3. The first-order chi connectivity index (χ1) is 10.0. The van der Waals surface area contributed by atoms with Crippen LogP contribution in [0.2, 0.25) is 0 Å². The molecule has 2 rings (SSSR count). The van der Waals surface area contributed by atoms with Gasteiger partial charge in [-0.15, -0.1) is 0 Å². The lowest BCUT2D eigenvalue weighted by molar-refractivity contribution is -0.153. The summed E-state index contributed by atoms with van der Waals surface area (Å²) >= 11 is 0. The molecule has 1 saturated heterocycles. The van der Waals surface area contributed by atoms with Gasteiger partial charge in [0, 0.05) is 7.11 Å². The van der Waals surface area contributed by atoms with Crippen molar-refractivity contribution in [3.63, 3.8) is 0 Å². The number of amides is 2. The number of benzene rings is 1. The average Bonchev–Trinajstić information content (AvgIpc) is 2.49. The zero-order valence-corrected chi connectivity index (χ0v) is 12.8. The van der Waals surface area contributed by atoms with Gasteiger partial charge in [-0.3, -0.25) is 9.59 Å². The molecular weight excluding hydrogens is 268 g/mol. The van der Waals surface area contributed by atoms with Crippen LogP contribution in [0.3, 0.4) is 0 Å². The van der Waals surface area contributed by atoms with Crippen molar-refractivity contribution in [3.05, 3.63) is 35.9 Å². The fourth-order valence-electron chi connectivity index (χ4n) is 2.77. The van der Waals surface area contributed by atoms with E-state index in [9.17, 15) is 9.59 Å². The molecule has 0 spiro atoms. The lowest BCUT2D eigenvalue weighted by Crippen LogP contribution is -2.65. The molecule has 1 aromatic rings. The van der Waals surface area contributed by atoms with E-state index in [0.29, 0.717) is 6.61 Å². The predicted molar refractivity (Wildman–Crippen MR) is 79.6 cm³/mol. The quantitative estimate of drug-likeness (QED) is 0.889. The van der Waals surface area contributed by atoms with Gasteiger partial charge >= 0.3 is 0 Å². The van der Waals surface area contributed by atoms with E-state index in [1.807, 2.05) is 37.3 Å². The number of carbonyl (C=O) groups excluding carboxylic acids is 2. The Morgan fingerprint density at radius 2 is 2.00 bits per heavy atom. The van der Waals surface area contributed by atoms with Crippen molar-refractivity contribution in [2.75, 3.05) is 20.3 Å². The lowest BCUT2D eigenvalue weighted by atomic mass is 9.87. The van der Waals surface area contributed by atoms with Crippen LogP contribution in [-0.4, -0.2) is 43.0 Å². The lowest BCUT2D eigenvalue weighted by Gasteiger charge is -2.43. The molecule has 0 aliphatic carbocycles. The van der Waals surface area contributed by atoms with E-state index < -0.39 is 5.54 Å². The maximum Gasteiger partial charge on any atom is 0.253 e. The molecule has 2 unspecified atom stereocenters. The molecule has 114 valence electrons. The minimum atomic E-state index is -1.02. The van der Waals surface area contributed by atoms with Crippen molar-refractivity contribution in [2.45, 2.75) is 31.8 Å². The Morgan fingerprint density at radius 3 is 2.57 bits per heavy atom. The van der Waals surface area contributed by atoms with E-state index in [1.54, 1.807) is 18.9 Å². The van der Waals surface area contributed by atoms with Gasteiger partial charge in [0.25, 0.3) is 5.91 Å². The van der Waals surface area contributed by atoms with Gasteiger partial charge in [-0.25, -0.2) is 0 Å². The zero-order chi connectivity index (χ0) is 15.5. The molecule has 2 amide bonds. The molecule has 1 aliphatic heterocycles. The fourth-order valence-corrected chi connectivity index (χ4v) is 2.77. The van der Waals surface area contributed by atoms with Crippen LogP contribution in [0.5, 0.6) is 0 Å². The van der Waals surface area contributed by atoms with E-state index in [-0.39, 0.29) is 24.4 Å². The second-order valence-corrected chi connectivity index (χ2v) is 5.49. The first-order valence-corrected chi connectivity index (χ1v) is 7.19. The number of hydrogen-bond donors (Lipinski definition) is 1. The molecule has 1 fully saturated rings. The summed E-state index contributed by atoms with van der Waals surface area (Å²) in [7, 11) is 1.60. The van der Waals surface area contributed by atoms with Crippen LogP contribution < -0.4 is 5.32 Å². The van der Waals surface area contributed by atoms with Crippen molar-refractivity contribution in [1.29, 1.82) is 0 Å². The summed E-state index contributed by atoms with van der Waals surface area (Å²) in [5.41, 5.74) is -0.224. The second-order valence-electron chi connectivity index (χ2n) is 5.49. The molecule has 0 radical (unpaired) electrons. The van der Waals surface area contributed by atoms with Crippen molar-refractivity contribution >= 4 is 11.8 Å². The minimum Gasteiger partial charge on any atom is -0.383 e. The minimum absolute atomic E-state index is 0.0859. The van der Waals surface area contributed by atoms with Crippen LogP contribution in [0, 0.1) is 0 Å². The van der Waals surface area contributed by atoms with Crippen LogP contribution in [0.4, 0.5) is 0 Å². The third-order valence-corrected chi connectivity index (χ3v) is 4.01. The Hall–Kier alpha value is -1.88. The van der Waals surface area contributed by atoms with Crippen molar-refractivity contribution in [2.24, 2.45) is 0 Å². The highest BCUT2D eigenvalue weighted by Crippen LogP contribution is 2.27. The average molecular weight is 290 g/mol. The molecule has 0 saturated carbocycles. The zero-order valence-electron chi connectivity index (χ0n) is 12.8. The van der Waals surface area contributed by atoms with Crippen LogP contribution in [0.1, 0.15) is 25.8 Å². The summed E-state index contributed by atoms with van der Waals surface area (Å²) in [6.45, 7) is 4.26. The van der Waals surface area contributed by atoms with E-state index >= 15 is 0 Å². The van der Waals surface area contributed by atoms with E-state index in [1.165, 1.54) is 0 Å². The highest BCUT2D eigenvalue weighted by Gasteiger charge is 2.45. The predicted octanol–water partition coefficient (Wildman–Crippen LogP) is 1.29. The number of ether oxygens (including phenoxy) is 1. The summed E-state index contributed by atoms with van der Waals surface area (Å²) in [5.74, 6) is -0.229. The Morgan fingerprint density at radius 1 is 1.33 bits per heavy atom. The fraction of sp³-hybridized carbons (Fsp3) is 0.500. The van der Waals surface area contributed by atoms with Gasteiger partial charge in [0.15, 0.2) is 0 Å². The largest absolute Gasteiger partial charge is 0.383 e. The summed E-state index contributed by atoms with van der Waals surface area (Å²) in [6.07, 6.45) is 0.748. The molecule has 0 aromatic heterocycles. The second kappa shape index (κ2) is 6.26. The van der Waals surface area contributed by atoms with Crippen molar-refractivity contribution < 1.29 is 14.3 Å². The van der Waals surface area contributed by atoms with Crippen LogP contribution in [0.25, 0.3) is 0 Å². The first-order valence-electron chi connectivity index (χ1n) is 7.19. The van der Waals surface area contributed by atoms with Gasteiger partial charge in [0.2, 0.25) is 5.91 Å². The number of nitrogens with one attached hydrogen (secondary N) is 1. The first kappa shape index (κ1) is 15.5. The molecule has 5 heteroatoms. The Bertz CT molecular complexity index is 518. The highest BCUT2D eigenvalue weighted by molar-refractivity contribution is 5.98. The number of methoxy groups -OCH3 is 1. The molecule has 0 bridgehead atoms. The highest BCUT2D eigenvalue weighted by atomic mass is 16.5. The van der Waals surface area contributed by atoms with Crippen LogP contribution >= 0.6 is 0 Å². The molecule has 2 atom stereocenters. The molecule has 1 aromatic carbocycles. The summed E-state index contributed by atoms with van der Waals surface area (Å²) in [5, 5.41) is 2.84.